The van der Waals surface area contributed by atoms with E-state index in [1.807, 2.05) is 84.9 Å². The average Bonchev–Trinajstić information content (AvgIpc) is 3.55. The van der Waals surface area contributed by atoms with Gasteiger partial charge in [0.2, 0.25) is 11.8 Å². The summed E-state index contributed by atoms with van der Waals surface area (Å²) in [6, 6.07) is 33.4. The van der Waals surface area contributed by atoms with Gasteiger partial charge in [0.05, 0.1) is 42.9 Å². The molecular formula is C35H21Cl3IN5O2. The summed E-state index contributed by atoms with van der Waals surface area (Å²) >= 11 is 21.5. The standard InChI is InChI=1S/C35H21Cl3IN5O2/c36-26-8-3-2-7-24(26)34-43-42-33(46-34)20-12-15-23(16-13-20)44-31(40-30-17-14-22(39)19-25(30)35(44)45)18-21-6-1-4-11-29(21)41-32-27(37)9-5-10-28(32)38/h1-17,19,41H,18H2. The Balaban J connectivity index is 1.29. The lowest BCUT2D eigenvalue weighted by molar-refractivity contribution is 0.584. The van der Waals surface area contributed by atoms with Crippen molar-refractivity contribution in [1.29, 1.82) is 0 Å². The first-order valence-corrected chi connectivity index (χ1v) is 16.3. The highest BCUT2D eigenvalue weighted by Gasteiger charge is 2.18. The molecule has 0 aliphatic heterocycles. The van der Waals surface area contributed by atoms with Crippen LogP contribution in [0.3, 0.4) is 0 Å². The maximum atomic E-state index is 14.1. The number of aromatic nitrogens is 4. The third-order valence-corrected chi connectivity index (χ3v) is 9.02. The van der Waals surface area contributed by atoms with Crippen LogP contribution in [-0.4, -0.2) is 19.7 Å². The lowest BCUT2D eigenvalue weighted by atomic mass is 10.1. The first-order valence-electron chi connectivity index (χ1n) is 14.0. The van der Waals surface area contributed by atoms with Crippen LogP contribution in [0.5, 0.6) is 0 Å². The Hall–Kier alpha value is -4.22. The van der Waals surface area contributed by atoms with Gasteiger partial charge in [0.25, 0.3) is 5.56 Å². The second kappa shape index (κ2) is 12.9. The van der Waals surface area contributed by atoms with Gasteiger partial charge in [-0.15, -0.1) is 10.2 Å². The summed E-state index contributed by atoms with van der Waals surface area (Å²) < 4.78 is 8.53. The Morgan fingerprint density at radius 2 is 1.46 bits per heavy atom. The van der Waals surface area contributed by atoms with Gasteiger partial charge >= 0.3 is 0 Å². The zero-order chi connectivity index (χ0) is 31.8. The normalized spacial score (nSPS) is 11.2. The van der Waals surface area contributed by atoms with Gasteiger partial charge in [-0.3, -0.25) is 9.36 Å². The fraction of sp³-hybridized carbons (Fsp3) is 0.0286. The van der Waals surface area contributed by atoms with Gasteiger partial charge < -0.3 is 9.73 Å². The molecule has 0 unspecified atom stereocenters. The average molecular weight is 777 g/mol. The number of benzene rings is 5. The summed E-state index contributed by atoms with van der Waals surface area (Å²) in [4.78, 5) is 19.1. The van der Waals surface area contributed by atoms with Crippen LogP contribution < -0.4 is 10.9 Å². The van der Waals surface area contributed by atoms with Crippen LogP contribution in [0, 0.1) is 3.57 Å². The molecule has 0 bridgehead atoms. The van der Waals surface area contributed by atoms with Crippen LogP contribution in [0.2, 0.25) is 15.1 Å². The number of hydrogen-bond donors (Lipinski definition) is 1. The lowest BCUT2D eigenvalue weighted by Crippen LogP contribution is -2.24. The first-order chi connectivity index (χ1) is 22.4. The molecule has 5 aromatic carbocycles. The van der Waals surface area contributed by atoms with E-state index in [4.69, 9.17) is 44.2 Å². The van der Waals surface area contributed by atoms with E-state index in [1.165, 1.54) is 0 Å². The molecule has 2 aromatic heterocycles. The monoisotopic (exact) mass is 775 g/mol. The fourth-order valence-corrected chi connectivity index (χ4v) is 6.34. The zero-order valence-electron chi connectivity index (χ0n) is 23.7. The van der Waals surface area contributed by atoms with Crippen molar-refractivity contribution >= 4 is 79.7 Å². The predicted molar refractivity (Wildman–Crippen MR) is 193 cm³/mol. The van der Waals surface area contributed by atoms with Crippen molar-refractivity contribution in [2.24, 2.45) is 0 Å². The van der Waals surface area contributed by atoms with E-state index in [0.29, 0.717) is 72.5 Å². The maximum absolute atomic E-state index is 14.1. The van der Waals surface area contributed by atoms with Crippen molar-refractivity contribution in [2.45, 2.75) is 6.42 Å². The minimum atomic E-state index is -0.176. The largest absolute Gasteiger partial charge is 0.416 e. The van der Waals surface area contributed by atoms with E-state index in [2.05, 4.69) is 38.1 Å². The summed E-state index contributed by atoms with van der Waals surface area (Å²) in [5, 5.41) is 13.8. The molecule has 7 nitrogen and oxygen atoms in total. The molecule has 7 aromatic rings. The molecule has 0 aliphatic carbocycles. The van der Waals surface area contributed by atoms with Gasteiger partial charge in [-0.05, 0) is 101 Å². The maximum Gasteiger partial charge on any atom is 0.266 e. The van der Waals surface area contributed by atoms with E-state index < -0.39 is 0 Å². The number of anilines is 2. The Bertz CT molecular complexity index is 2280. The van der Waals surface area contributed by atoms with Gasteiger partial charge in [0, 0.05) is 21.2 Å². The Morgan fingerprint density at radius 1 is 0.761 bits per heavy atom. The summed E-state index contributed by atoms with van der Waals surface area (Å²) in [7, 11) is 0. The molecule has 0 radical (unpaired) electrons. The molecule has 0 saturated heterocycles. The van der Waals surface area contributed by atoms with Gasteiger partial charge in [-0.25, -0.2) is 4.98 Å². The number of nitrogens with one attached hydrogen (secondary N) is 1. The molecule has 0 atom stereocenters. The Labute approximate surface area is 291 Å². The SMILES string of the molecule is O=c1c2cc(I)ccc2nc(Cc2ccccc2Nc2c(Cl)cccc2Cl)n1-c1ccc(-c2nnc(-c3ccccc3Cl)o2)cc1. The molecular weight excluding hydrogens is 756 g/mol. The molecule has 226 valence electrons. The van der Waals surface area contributed by atoms with Crippen LogP contribution in [0.1, 0.15) is 11.4 Å². The van der Waals surface area contributed by atoms with Gasteiger partial charge in [0.1, 0.15) is 5.82 Å². The molecule has 46 heavy (non-hydrogen) atoms. The molecule has 0 aliphatic rings. The summed E-state index contributed by atoms with van der Waals surface area (Å²) in [5.41, 5.74) is 4.72. The minimum Gasteiger partial charge on any atom is -0.416 e. The topological polar surface area (TPSA) is 85.8 Å². The van der Waals surface area contributed by atoms with Crippen LogP contribution >= 0.6 is 57.4 Å². The van der Waals surface area contributed by atoms with Crippen molar-refractivity contribution in [2.75, 3.05) is 5.32 Å². The predicted octanol–water partition coefficient (Wildman–Crippen LogP) is 10.0. The number of rotatable bonds is 7. The quantitative estimate of drug-likeness (QED) is 0.162. The fourth-order valence-electron chi connectivity index (χ4n) is 5.14. The van der Waals surface area contributed by atoms with Crippen LogP contribution in [0.4, 0.5) is 11.4 Å². The highest BCUT2D eigenvalue weighted by molar-refractivity contribution is 14.1. The molecule has 0 amide bonds. The summed E-state index contributed by atoms with van der Waals surface area (Å²) in [6.45, 7) is 0. The Kier molecular flexibility index (Phi) is 8.52. The van der Waals surface area contributed by atoms with E-state index in [9.17, 15) is 4.79 Å². The summed E-state index contributed by atoms with van der Waals surface area (Å²) in [5.74, 6) is 1.21. The summed E-state index contributed by atoms with van der Waals surface area (Å²) in [6.07, 6.45) is 0.342. The van der Waals surface area contributed by atoms with Crippen molar-refractivity contribution < 1.29 is 4.42 Å². The molecule has 0 spiro atoms. The third-order valence-electron chi connectivity index (χ3n) is 7.39. The van der Waals surface area contributed by atoms with Crippen molar-refractivity contribution in [3.63, 3.8) is 0 Å². The lowest BCUT2D eigenvalue weighted by Gasteiger charge is -2.17. The van der Waals surface area contributed by atoms with Gasteiger partial charge in [0.15, 0.2) is 0 Å². The van der Waals surface area contributed by atoms with Crippen LogP contribution in [-0.2, 0) is 6.42 Å². The number of fused-ring (bicyclic) bond motifs is 1. The van der Waals surface area contributed by atoms with E-state index in [0.717, 1.165) is 14.8 Å². The highest BCUT2D eigenvalue weighted by Crippen LogP contribution is 2.34. The number of nitrogens with zero attached hydrogens (tertiary/aromatic N) is 4. The van der Waals surface area contributed by atoms with Gasteiger partial charge in [-0.2, -0.15) is 0 Å². The Morgan fingerprint density at radius 3 is 2.24 bits per heavy atom. The minimum absolute atomic E-state index is 0.176. The van der Waals surface area contributed by atoms with Crippen molar-refractivity contribution in [1.82, 2.24) is 19.7 Å². The molecule has 2 heterocycles. The second-order valence-corrected chi connectivity index (χ2v) is 12.8. The van der Waals surface area contributed by atoms with Crippen molar-refractivity contribution in [3.8, 4) is 28.6 Å². The molecule has 7 rings (SSSR count). The van der Waals surface area contributed by atoms with E-state index in [-0.39, 0.29) is 5.56 Å². The number of hydrogen-bond acceptors (Lipinski definition) is 6. The second-order valence-electron chi connectivity index (χ2n) is 10.3. The molecule has 11 heteroatoms. The molecule has 1 N–H and O–H groups in total. The number of halogens is 4. The zero-order valence-corrected chi connectivity index (χ0v) is 28.1. The van der Waals surface area contributed by atoms with E-state index >= 15 is 0 Å². The van der Waals surface area contributed by atoms with E-state index in [1.54, 1.807) is 28.8 Å². The highest BCUT2D eigenvalue weighted by atomic mass is 127. The first kappa shape index (κ1) is 30.4. The van der Waals surface area contributed by atoms with Crippen LogP contribution in [0.25, 0.3) is 39.5 Å². The van der Waals surface area contributed by atoms with Crippen molar-refractivity contribution in [3.05, 3.63) is 150 Å². The van der Waals surface area contributed by atoms with Gasteiger partial charge in [-0.1, -0.05) is 71.2 Å². The van der Waals surface area contributed by atoms with Crippen LogP contribution in [0.15, 0.2) is 118 Å². The molecule has 0 fully saturated rings. The third kappa shape index (κ3) is 6.01. The number of para-hydroxylation sites is 2. The smallest absolute Gasteiger partial charge is 0.266 e. The molecule has 0 saturated carbocycles.